The van der Waals surface area contributed by atoms with Gasteiger partial charge >= 0.3 is 5.97 Å². The van der Waals surface area contributed by atoms with E-state index in [-0.39, 0.29) is 5.78 Å². The van der Waals surface area contributed by atoms with E-state index < -0.39 is 34.2 Å². The second-order valence-corrected chi connectivity index (χ2v) is 9.87. The topological polar surface area (TPSA) is 68.3 Å². The minimum Gasteiger partial charge on any atom is -0.497 e. The van der Waals surface area contributed by atoms with Crippen molar-refractivity contribution < 1.29 is 23.8 Å². The van der Waals surface area contributed by atoms with Crippen molar-refractivity contribution in [3.05, 3.63) is 23.8 Å². The first-order chi connectivity index (χ1) is 14.8. The summed E-state index contributed by atoms with van der Waals surface area (Å²) < 4.78 is 17.6. The average Bonchev–Trinajstić information content (AvgIpc) is 3.43. The Kier molecular flexibility index (Phi) is 3.51. The normalized spacial score (nSPS) is 41.4. The smallest absolute Gasteiger partial charge is 0.348 e. The van der Waals surface area contributed by atoms with Gasteiger partial charge in [-0.15, -0.1) is 0 Å². The highest BCUT2D eigenvalue weighted by Gasteiger charge is 2.95. The molecule has 0 radical (unpaired) electrons. The Labute approximate surface area is 186 Å². The third-order valence-corrected chi connectivity index (χ3v) is 9.33. The summed E-state index contributed by atoms with van der Waals surface area (Å²) in [6, 6.07) is 5.54. The lowest BCUT2D eigenvalue weighted by Crippen LogP contribution is -2.75. The molecule has 0 saturated carbocycles. The molecule has 0 aliphatic carbocycles. The van der Waals surface area contributed by atoms with Crippen LogP contribution in [-0.4, -0.2) is 66.8 Å². The minimum absolute atomic E-state index is 0.145. The number of piperidine rings is 1. The summed E-state index contributed by atoms with van der Waals surface area (Å²) in [7, 11) is 4.91. The van der Waals surface area contributed by atoms with Crippen molar-refractivity contribution in [2.45, 2.75) is 55.4 Å². The number of Topliss-reactive ketones (excluding diaryl/α,β-unsaturated/α-hetero) is 1. The van der Waals surface area contributed by atoms with Crippen LogP contribution < -0.4 is 9.64 Å². The lowest BCUT2D eigenvalue weighted by Gasteiger charge is -2.58. The summed E-state index contributed by atoms with van der Waals surface area (Å²) in [4.78, 5) is 32.7. The monoisotopic (exact) mass is 442 g/mol. The van der Waals surface area contributed by atoms with Gasteiger partial charge in [-0.3, -0.25) is 4.79 Å². The van der Waals surface area contributed by atoms with E-state index in [1.165, 1.54) is 7.11 Å². The van der Waals surface area contributed by atoms with Crippen LogP contribution in [0.1, 0.15) is 38.2 Å². The van der Waals surface area contributed by atoms with Crippen LogP contribution in [0.5, 0.6) is 5.75 Å². The van der Waals surface area contributed by atoms with Crippen molar-refractivity contribution in [1.82, 2.24) is 4.90 Å². The molecule has 2 spiro atoms. The molecule has 5 aliphatic heterocycles. The maximum Gasteiger partial charge on any atom is 0.348 e. The summed E-state index contributed by atoms with van der Waals surface area (Å²) in [6.45, 7) is 2.69. The molecule has 4 fully saturated rings. The number of benzene rings is 1. The number of esters is 1. The quantitative estimate of drug-likeness (QED) is 0.401. The molecular formula is C23H26N2O5S. The summed E-state index contributed by atoms with van der Waals surface area (Å²) in [5.41, 5.74) is -1.95. The highest BCUT2D eigenvalue weighted by atomic mass is 32.1. The van der Waals surface area contributed by atoms with Crippen LogP contribution in [0, 0.1) is 5.41 Å². The number of ketones is 1. The lowest BCUT2D eigenvalue weighted by atomic mass is 9.48. The first kappa shape index (κ1) is 19.5. The zero-order valence-electron chi connectivity index (χ0n) is 18.2. The number of ether oxygens (including phenoxy) is 3. The molecule has 7 nitrogen and oxygen atoms in total. The Morgan fingerprint density at radius 2 is 2.10 bits per heavy atom. The number of fused-ring (bicyclic) bond motifs is 3. The molecule has 1 aromatic carbocycles. The largest absolute Gasteiger partial charge is 0.497 e. The Bertz CT molecular complexity index is 1080. The summed E-state index contributed by atoms with van der Waals surface area (Å²) >= 11 is 5.81. The predicted molar refractivity (Wildman–Crippen MR) is 116 cm³/mol. The van der Waals surface area contributed by atoms with Gasteiger partial charge in [0, 0.05) is 25.3 Å². The Morgan fingerprint density at radius 3 is 2.77 bits per heavy atom. The van der Waals surface area contributed by atoms with Crippen LogP contribution >= 0.6 is 12.2 Å². The van der Waals surface area contributed by atoms with E-state index in [9.17, 15) is 9.59 Å². The van der Waals surface area contributed by atoms with Crippen LogP contribution in [0.3, 0.4) is 0 Å². The molecule has 0 aromatic heterocycles. The molecule has 5 aliphatic rings. The number of rotatable bonds is 3. The Morgan fingerprint density at radius 1 is 1.32 bits per heavy atom. The van der Waals surface area contributed by atoms with Crippen LogP contribution in [0.25, 0.3) is 0 Å². The van der Waals surface area contributed by atoms with Crippen molar-refractivity contribution in [3.63, 3.8) is 0 Å². The van der Waals surface area contributed by atoms with Gasteiger partial charge in [-0.05, 0) is 37.3 Å². The molecule has 8 heteroatoms. The molecule has 2 bridgehead atoms. The average molecular weight is 443 g/mol. The fourth-order valence-electron chi connectivity index (χ4n) is 7.95. The van der Waals surface area contributed by atoms with Gasteiger partial charge in [-0.2, -0.15) is 0 Å². The second-order valence-electron chi connectivity index (χ2n) is 9.40. The van der Waals surface area contributed by atoms with Crippen LogP contribution in [0.4, 0.5) is 5.69 Å². The van der Waals surface area contributed by atoms with Gasteiger partial charge in [-0.25, -0.2) is 4.79 Å². The SMILES string of the molecule is CC[C@@]12CCN3C(=S)CC[C@]45c6ccc(OC)cc6N(C)[C@H]4[C@](C(=O)OC)(O[C@@]315)C2=O. The third kappa shape index (κ3) is 1.59. The molecule has 31 heavy (non-hydrogen) atoms. The maximum atomic E-state index is 14.3. The number of hydrogen-bond donors (Lipinski definition) is 0. The van der Waals surface area contributed by atoms with Crippen molar-refractivity contribution in [1.29, 1.82) is 0 Å². The van der Waals surface area contributed by atoms with E-state index in [0.717, 1.165) is 34.8 Å². The molecular weight excluding hydrogens is 416 g/mol. The number of hydrogen-bond acceptors (Lipinski definition) is 7. The van der Waals surface area contributed by atoms with E-state index in [0.29, 0.717) is 19.4 Å². The molecule has 1 aromatic rings. The molecule has 0 unspecified atom stereocenters. The maximum absolute atomic E-state index is 14.3. The van der Waals surface area contributed by atoms with Gasteiger partial charge < -0.3 is 24.0 Å². The van der Waals surface area contributed by atoms with E-state index in [4.69, 9.17) is 26.4 Å². The third-order valence-electron chi connectivity index (χ3n) is 8.91. The zero-order chi connectivity index (χ0) is 22.0. The number of likely N-dealkylation sites (N-methyl/N-ethyl adjacent to an activating group) is 1. The standard InChI is InChI=1S/C23H26N2O5S/c1-5-20-10-11-25-16(31)8-9-21-14-7-6-13(28-3)12-15(14)24(2)17(21)22(18(20)26,19(27)29-4)30-23(20,21)25/h6-7,12,17H,5,8-11H2,1-4H3/t17-,20+,21+,22+,23+/m1/s1. The van der Waals surface area contributed by atoms with Crippen molar-refractivity contribution in [3.8, 4) is 5.75 Å². The lowest BCUT2D eigenvalue weighted by molar-refractivity contribution is -0.184. The molecule has 5 heterocycles. The second kappa shape index (κ2) is 5.59. The minimum atomic E-state index is -1.68. The summed E-state index contributed by atoms with van der Waals surface area (Å²) in [6.07, 6.45) is 2.67. The van der Waals surface area contributed by atoms with E-state index in [2.05, 4.69) is 11.0 Å². The van der Waals surface area contributed by atoms with E-state index in [1.54, 1.807) is 7.11 Å². The number of carbonyl (C=O) groups excluding carboxylic acids is 2. The fourth-order valence-corrected chi connectivity index (χ4v) is 8.27. The molecule has 0 N–H and O–H groups in total. The van der Waals surface area contributed by atoms with Crippen molar-refractivity contribution in [2.24, 2.45) is 5.41 Å². The first-order valence-corrected chi connectivity index (χ1v) is 11.3. The van der Waals surface area contributed by atoms with Gasteiger partial charge in [-0.1, -0.05) is 25.2 Å². The molecule has 4 saturated heterocycles. The van der Waals surface area contributed by atoms with Gasteiger partial charge in [0.2, 0.25) is 5.60 Å². The number of anilines is 1. The van der Waals surface area contributed by atoms with Crippen molar-refractivity contribution in [2.75, 3.05) is 32.7 Å². The fraction of sp³-hybridized carbons (Fsp3) is 0.609. The van der Waals surface area contributed by atoms with Crippen LogP contribution in [-0.2, 0) is 24.5 Å². The number of nitrogens with zero attached hydrogens (tertiary/aromatic N) is 2. The van der Waals surface area contributed by atoms with Crippen LogP contribution in [0.15, 0.2) is 18.2 Å². The number of carbonyl (C=O) groups is 2. The van der Waals surface area contributed by atoms with Gasteiger partial charge in [0.1, 0.15) is 5.75 Å². The Balaban J connectivity index is 1.74. The van der Waals surface area contributed by atoms with Gasteiger partial charge in [0.25, 0.3) is 0 Å². The predicted octanol–water partition coefficient (Wildman–Crippen LogP) is 2.20. The molecule has 5 atom stereocenters. The highest BCUT2D eigenvalue weighted by molar-refractivity contribution is 7.80. The molecule has 0 amide bonds. The van der Waals surface area contributed by atoms with E-state index >= 15 is 0 Å². The number of methoxy groups -OCH3 is 2. The van der Waals surface area contributed by atoms with E-state index in [1.807, 2.05) is 31.0 Å². The Hall–Kier alpha value is -2.19. The van der Waals surface area contributed by atoms with Crippen LogP contribution in [0.2, 0.25) is 0 Å². The van der Waals surface area contributed by atoms with Gasteiger partial charge in [0.05, 0.1) is 36.1 Å². The van der Waals surface area contributed by atoms with Gasteiger partial charge in [0.15, 0.2) is 11.5 Å². The first-order valence-electron chi connectivity index (χ1n) is 10.9. The molecule has 6 rings (SSSR count). The number of thiocarbonyl (C=S) groups is 1. The summed E-state index contributed by atoms with van der Waals surface area (Å²) in [5.74, 6) is -0.0123. The zero-order valence-corrected chi connectivity index (χ0v) is 19.0. The summed E-state index contributed by atoms with van der Waals surface area (Å²) in [5, 5.41) is 0. The van der Waals surface area contributed by atoms with Crippen molar-refractivity contribution >= 4 is 34.6 Å². The molecule has 164 valence electrons. The highest BCUT2D eigenvalue weighted by Crippen LogP contribution is 2.78.